The summed E-state index contributed by atoms with van der Waals surface area (Å²) in [6, 6.07) is 14.8. The predicted molar refractivity (Wildman–Crippen MR) is 122 cm³/mol. The fraction of sp³-hybridized carbons (Fsp3) is 0.292. The molecule has 0 spiro atoms. The first-order chi connectivity index (χ1) is 15.4. The van der Waals surface area contributed by atoms with Gasteiger partial charge in [0.2, 0.25) is 5.91 Å². The Morgan fingerprint density at radius 2 is 1.94 bits per heavy atom. The molecule has 1 aromatic heterocycles. The van der Waals surface area contributed by atoms with Crippen molar-refractivity contribution < 1.29 is 14.3 Å². The molecule has 32 heavy (non-hydrogen) atoms. The maximum Gasteiger partial charge on any atom is 0.272 e. The number of halogens is 1. The van der Waals surface area contributed by atoms with Crippen molar-refractivity contribution in [3.63, 3.8) is 0 Å². The number of aryl methyl sites for hydroxylation is 1. The van der Waals surface area contributed by atoms with Crippen LogP contribution in [-0.4, -0.2) is 40.1 Å². The van der Waals surface area contributed by atoms with Gasteiger partial charge in [-0.3, -0.25) is 14.3 Å². The van der Waals surface area contributed by atoms with Crippen LogP contribution in [-0.2, 0) is 37.8 Å². The molecule has 3 aromatic rings. The molecule has 2 heterocycles. The zero-order valence-electron chi connectivity index (χ0n) is 18.1. The van der Waals surface area contributed by atoms with Gasteiger partial charge in [0.05, 0.1) is 13.5 Å². The van der Waals surface area contributed by atoms with E-state index in [0.717, 1.165) is 28.1 Å². The number of carbonyl (C=O) groups excluding carboxylic acids is 2. The van der Waals surface area contributed by atoms with E-state index < -0.39 is 0 Å². The Bertz CT molecular complexity index is 1140. The molecule has 0 radical (unpaired) electrons. The van der Waals surface area contributed by atoms with Crippen molar-refractivity contribution >= 4 is 23.4 Å². The molecule has 0 saturated heterocycles. The van der Waals surface area contributed by atoms with E-state index >= 15 is 0 Å². The normalized spacial score (nSPS) is 12.9. The van der Waals surface area contributed by atoms with Crippen LogP contribution in [0, 0.1) is 0 Å². The van der Waals surface area contributed by atoms with Crippen molar-refractivity contribution in [3.8, 4) is 5.75 Å². The minimum Gasteiger partial charge on any atom is -0.497 e. The Balaban J connectivity index is 1.45. The highest BCUT2D eigenvalue weighted by Crippen LogP contribution is 2.23. The van der Waals surface area contributed by atoms with Crippen LogP contribution >= 0.6 is 11.6 Å². The summed E-state index contributed by atoms with van der Waals surface area (Å²) >= 11 is 5.92. The van der Waals surface area contributed by atoms with Crippen molar-refractivity contribution in [2.24, 2.45) is 7.05 Å². The standard InChI is InChI=1S/C24H25ClN4O3/c1-28-21-10-11-29(22(30)13-17-4-3-5-19(12-17)32-2)15-20(21)23(27-28)24(31)26-14-16-6-8-18(25)9-7-16/h3-9,12H,10-11,13-15H2,1-2H3,(H,26,31). The van der Waals surface area contributed by atoms with Gasteiger partial charge in [-0.25, -0.2) is 0 Å². The number of aromatic nitrogens is 2. The predicted octanol–water partition coefficient (Wildman–Crippen LogP) is 3.14. The van der Waals surface area contributed by atoms with E-state index in [-0.39, 0.29) is 18.2 Å². The lowest BCUT2D eigenvalue weighted by molar-refractivity contribution is -0.131. The number of nitrogens with one attached hydrogen (secondary N) is 1. The molecule has 1 aliphatic heterocycles. The van der Waals surface area contributed by atoms with E-state index in [9.17, 15) is 9.59 Å². The van der Waals surface area contributed by atoms with Crippen LogP contribution in [0.3, 0.4) is 0 Å². The van der Waals surface area contributed by atoms with E-state index in [0.29, 0.717) is 36.8 Å². The van der Waals surface area contributed by atoms with Crippen molar-refractivity contribution in [3.05, 3.63) is 81.6 Å². The fourth-order valence-electron chi connectivity index (χ4n) is 3.92. The summed E-state index contributed by atoms with van der Waals surface area (Å²) in [5.74, 6) is 0.488. The number of ether oxygens (including phenoxy) is 1. The van der Waals surface area contributed by atoms with Gasteiger partial charge in [-0.05, 0) is 35.4 Å². The van der Waals surface area contributed by atoms with Crippen molar-refractivity contribution in [2.75, 3.05) is 13.7 Å². The van der Waals surface area contributed by atoms with Crippen LogP contribution in [0.2, 0.25) is 5.02 Å². The Kier molecular flexibility index (Phi) is 6.46. The molecule has 0 bridgehead atoms. The summed E-state index contributed by atoms with van der Waals surface area (Å²) in [7, 11) is 3.44. The maximum absolute atomic E-state index is 12.9. The molecule has 1 N–H and O–H groups in total. The van der Waals surface area contributed by atoms with Crippen LogP contribution < -0.4 is 10.1 Å². The van der Waals surface area contributed by atoms with Crippen LogP contribution in [0.15, 0.2) is 48.5 Å². The molecule has 1 aliphatic rings. The van der Waals surface area contributed by atoms with Crippen molar-refractivity contribution in [1.29, 1.82) is 0 Å². The van der Waals surface area contributed by atoms with Gasteiger partial charge < -0.3 is 15.0 Å². The van der Waals surface area contributed by atoms with Crippen LogP contribution in [0.5, 0.6) is 5.75 Å². The summed E-state index contributed by atoms with van der Waals surface area (Å²) in [5.41, 5.74) is 4.02. The van der Waals surface area contributed by atoms with Gasteiger partial charge in [-0.1, -0.05) is 35.9 Å². The van der Waals surface area contributed by atoms with Gasteiger partial charge in [0.15, 0.2) is 5.69 Å². The van der Waals surface area contributed by atoms with Gasteiger partial charge in [-0.15, -0.1) is 0 Å². The largest absolute Gasteiger partial charge is 0.497 e. The van der Waals surface area contributed by atoms with E-state index in [4.69, 9.17) is 16.3 Å². The number of fused-ring (bicyclic) bond motifs is 1. The molecular weight excluding hydrogens is 428 g/mol. The van der Waals surface area contributed by atoms with Gasteiger partial charge in [0, 0.05) is 49.4 Å². The summed E-state index contributed by atoms with van der Waals surface area (Å²) in [5, 5.41) is 8.02. The third-order valence-electron chi connectivity index (χ3n) is 5.67. The number of nitrogens with zero attached hydrogens (tertiary/aromatic N) is 3. The number of rotatable bonds is 6. The van der Waals surface area contributed by atoms with E-state index in [1.807, 2.05) is 43.4 Å². The molecular formula is C24H25ClN4O3. The molecule has 8 heteroatoms. The quantitative estimate of drug-likeness (QED) is 0.623. The first kappa shape index (κ1) is 21.9. The first-order valence-corrected chi connectivity index (χ1v) is 10.8. The molecule has 7 nitrogen and oxygen atoms in total. The number of carbonyl (C=O) groups is 2. The Morgan fingerprint density at radius 3 is 2.69 bits per heavy atom. The number of amides is 2. The highest BCUT2D eigenvalue weighted by Gasteiger charge is 2.29. The maximum atomic E-state index is 12.9. The number of benzene rings is 2. The summed E-state index contributed by atoms with van der Waals surface area (Å²) < 4.78 is 6.99. The molecule has 2 aromatic carbocycles. The molecule has 2 amide bonds. The van der Waals surface area contributed by atoms with Gasteiger partial charge >= 0.3 is 0 Å². The second kappa shape index (κ2) is 9.44. The van der Waals surface area contributed by atoms with Crippen LogP contribution in [0.25, 0.3) is 0 Å². The van der Waals surface area contributed by atoms with Gasteiger partial charge in [0.1, 0.15) is 5.75 Å². The number of methoxy groups -OCH3 is 1. The number of hydrogen-bond acceptors (Lipinski definition) is 4. The second-order valence-corrected chi connectivity index (χ2v) is 8.24. The summed E-state index contributed by atoms with van der Waals surface area (Å²) in [6.07, 6.45) is 0.943. The summed E-state index contributed by atoms with van der Waals surface area (Å²) in [6.45, 7) is 1.34. The minimum absolute atomic E-state index is 0.0141. The van der Waals surface area contributed by atoms with Crippen molar-refractivity contribution in [2.45, 2.75) is 25.9 Å². The summed E-state index contributed by atoms with van der Waals surface area (Å²) in [4.78, 5) is 27.6. The van der Waals surface area contributed by atoms with E-state index in [1.54, 1.807) is 28.8 Å². The zero-order valence-corrected chi connectivity index (χ0v) is 18.9. The highest BCUT2D eigenvalue weighted by molar-refractivity contribution is 6.30. The molecule has 0 atom stereocenters. The third kappa shape index (κ3) is 4.78. The highest BCUT2D eigenvalue weighted by atomic mass is 35.5. The average Bonchev–Trinajstić information content (AvgIpc) is 3.14. The lowest BCUT2D eigenvalue weighted by Gasteiger charge is -2.27. The monoisotopic (exact) mass is 452 g/mol. The third-order valence-corrected chi connectivity index (χ3v) is 5.92. The second-order valence-electron chi connectivity index (χ2n) is 7.80. The molecule has 4 rings (SSSR count). The first-order valence-electron chi connectivity index (χ1n) is 10.4. The fourth-order valence-corrected chi connectivity index (χ4v) is 4.05. The Hall–Kier alpha value is -3.32. The molecule has 0 fully saturated rings. The van der Waals surface area contributed by atoms with Crippen LogP contribution in [0.4, 0.5) is 0 Å². The lowest BCUT2D eigenvalue weighted by Crippen LogP contribution is -2.38. The Morgan fingerprint density at radius 1 is 1.16 bits per heavy atom. The average molecular weight is 453 g/mol. The van der Waals surface area contributed by atoms with Gasteiger partial charge in [-0.2, -0.15) is 5.10 Å². The topological polar surface area (TPSA) is 76.5 Å². The Labute approximate surface area is 191 Å². The minimum atomic E-state index is -0.251. The molecule has 0 unspecified atom stereocenters. The van der Waals surface area contributed by atoms with E-state index in [1.165, 1.54) is 0 Å². The smallest absolute Gasteiger partial charge is 0.272 e. The zero-order chi connectivity index (χ0) is 22.7. The van der Waals surface area contributed by atoms with Crippen molar-refractivity contribution in [1.82, 2.24) is 20.0 Å². The van der Waals surface area contributed by atoms with E-state index in [2.05, 4.69) is 10.4 Å². The molecule has 0 saturated carbocycles. The SMILES string of the molecule is COc1cccc(CC(=O)N2CCc3c(c(C(=O)NCc4ccc(Cl)cc4)nn3C)C2)c1. The molecule has 166 valence electrons. The molecule has 0 aliphatic carbocycles. The number of hydrogen-bond donors (Lipinski definition) is 1. The van der Waals surface area contributed by atoms with Gasteiger partial charge in [0.25, 0.3) is 5.91 Å². The lowest BCUT2D eigenvalue weighted by atomic mass is 10.0. The van der Waals surface area contributed by atoms with Crippen LogP contribution in [0.1, 0.15) is 32.9 Å².